The molecule has 0 aliphatic heterocycles. The summed E-state index contributed by atoms with van der Waals surface area (Å²) < 4.78 is 0. The van der Waals surface area contributed by atoms with E-state index in [2.05, 4.69) is 38.5 Å². The monoisotopic (exact) mass is 249 g/mol. The molecular weight excluding hydrogens is 234 g/mol. The lowest BCUT2D eigenvalue weighted by Crippen LogP contribution is -1.98. The second-order valence-corrected chi connectivity index (χ2v) is 4.52. The van der Waals surface area contributed by atoms with Gasteiger partial charge in [-0.25, -0.2) is 9.97 Å². The molecule has 2 N–H and O–H groups in total. The van der Waals surface area contributed by atoms with Crippen LogP contribution in [0.4, 0.5) is 5.82 Å². The summed E-state index contributed by atoms with van der Waals surface area (Å²) in [7, 11) is 0. The summed E-state index contributed by atoms with van der Waals surface area (Å²) in [6, 6.07) is 4.06. The van der Waals surface area contributed by atoms with Crippen molar-refractivity contribution in [3.05, 3.63) is 29.7 Å². The highest BCUT2D eigenvalue weighted by molar-refractivity contribution is 7.98. The predicted molar refractivity (Wildman–Crippen MR) is 69.1 cm³/mol. The van der Waals surface area contributed by atoms with Gasteiger partial charge in [0.2, 0.25) is 5.16 Å². The van der Waals surface area contributed by atoms with E-state index in [1.807, 2.05) is 19.2 Å². The Morgan fingerprint density at radius 1 is 1.41 bits per heavy atom. The van der Waals surface area contributed by atoms with Gasteiger partial charge >= 0.3 is 0 Å². The molecule has 0 unspecified atom stereocenters. The number of anilines is 1. The highest BCUT2D eigenvalue weighted by Crippen LogP contribution is 2.18. The van der Waals surface area contributed by atoms with Crippen LogP contribution in [-0.2, 0) is 5.75 Å². The zero-order chi connectivity index (χ0) is 12.1. The first-order valence-electron chi connectivity index (χ1n) is 5.48. The van der Waals surface area contributed by atoms with Crippen molar-refractivity contribution < 1.29 is 0 Å². The quantitative estimate of drug-likeness (QED) is 0.795. The summed E-state index contributed by atoms with van der Waals surface area (Å²) in [5.74, 6) is 2.58. The summed E-state index contributed by atoms with van der Waals surface area (Å²) in [6.07, 6.45) is 1.88. The molecule has 0 aromatic carbocycles. The molecule has 17 heavy (non-hydrogen) atoms. The molecule has 5 nitrogen and oxygen atoms in total. The third kappa shape index (κ3) is 3.45. The van der Waals surface area contributed by atoms with Gasteiger partial charge in [-0.3, -0.25) is 5.10 Å². The van der Waals surface area contributed by atoms with Gasteiger partial charge < -0.3 is 5.32 Å². The van der Waals surface area contributed by atoms with E-state index in [0.717, 1.165) is 29.1 Å². The third-order valence-electron chi connectivity index (χ3n) is 2.13. The molecule has 0 amide bonds. The Kier molecular flexibility index (Phi) is 3.98. The first kappa shape index (κ1) is 11.9. The molecule has 2 rings (SSSR count). The maximum Gasteiger partial charge on any atom is 0.208 e. The zero-order valence-electron chi connectivity index (χ0n) is 9.90. The van der Waals surface area contributed by atoms with Crippen LogP contribution in [0.2, 0.25) is 0 Å². The Labute approximate surface area is 104 Å². The summed E-state index contributed by atoms with van der Waals surface area (Å²) in [6.45, 7) is 4.83. The van der Waals surface area contributed by atoms with E-state index in [1.165, 1.54) is 5.56 Å². The van der Waals surface area contributed by atoms with Gasteiger partial charge in [-0.2, -0.15) is 0 Å². The number of hydrogen-bond donors (Lipinski definition) is 2. The Morgan fingerprint density at radius 3 is 2.88 bits per heavy atom. The molecule has 2 aromatic heterocycles. The van der Waals surface area contributed by atoms with Crippen molar-refractivity contribution >= 4 is 17.6 Å². The molecule has 2 aromatic rings. The third-order valence-corrected chi connectivity index (χ3v) is 3.05. The lowest BCUT2D eigenvalue weighted by molar-refractivity contribution is 0.969. The Balaban J connectivity index is 1.90. The lowest BCUT2D eigenvalue weighted by Gasteiger charge is -2.02. The van der Waals surface area contributed by atoms with E-state index in [1.54, 1.807) is 11.8 Å². The van der Waals surface area contributed by atoms with Crippen LogP contribution in [0, 0.1) is 6.92 Å². The smallest absolute Gasteiger partial charge is 0.208 e. The van der Waals surface area contributed by atoms with E-state index in [-0.39, 0.29) is 0 Å². The molecule has 0 spiro atoms. The van der Waals surface area contributed by atoms with Gasteiger partial charge in [0.25, 0.3) is 0 Å². The fourth-order valence-corrected chi connectivity index (χ4v) is 2.11. The van der Waals surface area contributed by atoms with Gasteiger partial charge in [-0.05, 0) is 25.5 Å². The summed E-state index contributed by atoms with van der Waals surface area (Å²) in [4.78, 5) is 8.55. The van der Waals surface area contributed by atoms with Crippen molar-refractivity contribution in [2.24, 2.45) is 0 Å². The normalized spacial score (nSPS) is 10.5. The standard InChI is InChI=1S/C11H15N5S/c1-3-12-10-5-4-9(6-13-10)7-17-11-14-8(2)15-16-11/h4-6H,3,7H2,1-2H3,(H,12,13)(H,14,15,16). The molecule has 0 atom stereocenters. The van der Waals surface area contributed by atoms with Crippen molar-refractivity contribution in [3.8, 4) is 0 Å². The van der Waals surface area contributed by atoms with Crippen LogP contribution in [0.1, 0.15) is 18.3 Å². The van der Waals surface area contributed by atoms with Gasteiger partial charge in [0.1, 0.15) is 11.6 Å². The Bertz CT molecular complexity index is 465. The maximum absolute atomic E-state index is 4.31. The van der Waals surface area contributed by atoms with Gasteiger partial charge in [-0.1, -0.05) is 17.8 Å². The summed E-state index contributed by atoms with van der Waals surface area (Å²) in [5, 5.41) is 10.8. The minimum absolute atomic E-state index is 0.776. The van der Waals surface area contributed by atoms with E-state index < -0.39 is 0 Å². The van der Waals surface area contributed by atoms with Crippen LogP contribution < -0.4 is 5.32 Å². The minimum atomic E-state index is 0.776. The number of pyridine rings is 1. The van der Waals surface area contributed by atoms with Crippen LogP contribution in [0.3, 0.4) is 0 Å². The number of H-pyrrole nitrogens is 1. The molecule has 0 aliphatic rings. The average molecular weight is 249 g/mol. The molecule has 6 heteroatoms. The number of thioether (sulfide) groups is 1. The van der Waals surface area contributed by atoms with Gasteiger partial charge in [0.05, 0.1) is 0 Å². The molecule has 0 bridgehead atoms. The first-order chi connectivity index (χ1) is 8.28. The van der Waals surface area contributed by atoms with Crippen molar-refractivity contribution in [3.63, 3.8) is 0 Å². The molecule has 0 saturated heterocycles. The number of rotatable bonds is 5. The maximum atomic E-state index is 4.31. The second kappa shape index (κ2) is 5.67. The second-order valence-electron chi connectivity index (χ2n) is 3.57. The molecule has 0 radical (unpaired) electrons. The van der Waals surface area contributed by atoms with Crippen LogP contribution in [-0.4, -0.2) is 26.7 Å². The van der Waals surface area contributed by atoms with Crippen LogP contribution in [0.25, 0.3) is 0 Å². The summed E-state index contributed by atoms with van der Waals surface area (Å²) in [5.41, 5.74) is 1.17. The molecular formula is C11H15N5S. The van der Waals surface area contributed by atoms with Gasteiger partial charge in [0.15, 0.2) is 0 Å². The Hall–Kier alpha value is -1.56. The van der Waals surface area contributed by atoms with Gasteiger partial charge in [-0.15, -0.1) is 5.10 Å². The van der Waals surface area contributed by atoms with E-state index in [0.29, 0.717) is 0 Å². The van der Waals surface area contributed by atoms with Crippen LogP contribution in [0.15, 0.2) is 23.5 Å². The van der Waals surface area contributed by atoms with Crippen molar-refractivity contribution in [2.75, 3.05) is 11.9 Å². The molecule has 0 aliphatic carbocycles. The van der Waals surface area contributed by atoms with E-state index in [9.17, 15) is 0 Å². The Morgan fingerprint density at radius 2 is 2.29 bits per heavy atom. The number of aromatic nitrogens is 4. The fraction of sp³-hybridized carbons (Fsp3) is 0.364. The largest absolute Gasteiger partial charge is 0.370 e. The SMILES string of the molecule is CCNc1ccc(CSc2n[nH]c(C)n2)cn1. The highest BCUT2D eigenvalue weighted by Gasteiger charge is 2.01. The topological polar surface area (TPSA) is 66.5 Å². The zero-order valence-corrected chi connectivity index (χ0v) is 10.7. The van der Waals surface area contributed by atoms with E-state index >= 15 is 0 Å². The van der Waals surface area contributed by atoms with Gasteiger partial charge in [0, 0.05) is 18.5 Å². The van der Waals surface area contributed by atoms with Crippen LogP contribution in [0.5, 0.6) is 0 Å². The van der Waals surface area contributed by atoms with Crippen molar-refractivity contribution in [2.45, 2.75) is 24.8 Å². The van der Waals surface area contributed by atoms with Crippen molar-refractivity contribution in [1.29, 1.82) is 0 Å². The molecule has 2 heterocycles. The number of nitrogens with zero attached hydrogens (tertiary/aromatic N) is 3. The fourth-order valence-electron chi connectivity index (χ4n) is 1.33. The lowest BCUT2D eigenvalue weighted by atomic mass is 10.3. The molecule has 0 saturated carbocycles. The van der Waals surface area contributed by atoms with E-state index in [4.69, 9.17) is 0 Å². The predicted octanol–water partition coefficient (Wildman–Crippen LogP) is 2.23. The number of aromatic amines is 1. The van der Waals surface area contributed by atoms with Crippen molar-refractivity contribution in [1.82, 2.24) is 20.2 Å². The van der Waals surface area contributed by atoms with Crippen LogP contribution >= 0.6 is 11.8 Å². The minimum Gasteiger partial charge on any atom is -0.370 e. The number of hydrogen-bond acceptors (Lipinski definition) is 5. The average Bonchev–Trinajstić information content (AvgIpc) is 2.75. The summed E-state index contributed by atoms with van der Waals surface area (Å²) >= 11 is 1.60. The molecule has 0 fully saturated rings. The highest BCUT2D eigenvalue weighted by atomic mass is 32.2. The number of aryl methyl sites for hydroxylation is 1. The number of nitrogens with one attached hydrogen (secondary N) is 2. The molecule has 90 valence electrons. The first-order valence-corrected chi connectivity index (χ1v) is 6.47.